The summed E-state index contributed by atoms with van der Waals surface area (Å²) in [5.41, 5.74) is 2.17. The molecule has 4 aromatic rings. The minimum atomic E-state index is -3.13. The summed E-state index contributed by atoms with van der Waals surface area (Å²) in [7, 11) is -3.13. The van der Waals surface area contributed by atoms with Gasteiger partial charge in [-0.3, -0.25) is 0 Å². The van der Waals surface area contributed by atoms with E-state index in [4.69, 9.17) is 25.8 Å². The van der Waals surface area contributed by atoms with Crippen LogP contribution in [0.25, 0.3) is 10.9 Å². The van der Waals surface area contributed by atoms with Crippen molar-refractivity contribution in [2.75, 3.05) is 30.5 Å². The van der Waals surface area contributed by atoms with Crippen LogP contribution in [0.4, 0.5) is 15.9 Å². The number of sulfone groups is 1. The summed E-state index contributed by atoms with van der Waals surface area (Å²) in [6, 6.07) is 17.2. The molecule has 0 fully saturated rings. The van der Waals surface area contributed by atoms with Gasteiger partial charge in [0.25, 0.3) is 0 Å². The molecule has 208 valence electrons. The maximum absolute atomic E-state index is 13.4. The highest BCUT2D eigenvalue weighted by molar-refractivity contribution is 7.90. The fourth-order valence-corrected chi connectivity index (χ4v) is 4.99. The van der Waals surface area contributed by atoms with Crippen LogP contribution in [0.2, 0.25) is 5.02 Å². The molecular weight excluding hydrogens is 557 g/mol. The Balaban J connectivity index is 1.34. The first-order valence-corrected chi connectivity index (χ1v) is 14.9. The molecule has 1 unspecified atom stereocenters. The van der Waals surface area contributed by atoms with Gasteiger partial charge in [-0.2, -0.15) is 0 Å². The predicted octanol–water partition coefficient (Wildman–Crippen LogP) is 5.94. The molecule has 3 aromatic carbocycles. The molecule has 2 heterocycles. The molecule has 0 saturated heterocycles. The van der Waals surface area contributed by atoms with Gasteiger partial charge in [-0.05, 0) is 59.7 Å². The SMILES string of the molecule is CS(=O)(=O)CCOCC1(c2ccc3ncnc(Nc4ccc(OCc5cccc(F)c5)c(Cl)c4)c3c2)CC=CO1. The summed E-state index contributed by atoms with van der Waals surface area (Å²) in [5, 5.41) is 4.44. The van der Waals surface area contributed by atoms with Gasteiger partial charge >= 0.3 is 0 Å². The Bertz CT molecular complexity index is 1660. The van der Waals surface area contributed by atoms with Gasteiger partial charge in [0.05, 0.1) is 35.8 Å². The molecule has 40 heavy (non-hydrogen) atoms. The first-order chi connectivity index (χ1) is 19.2. The molecule has 5 rings (SSSR count). The van der Waals surface area contributed by atoms with Crippen LogP contribution in [0.1, 0.15) is 17.5 Å². The molecule has 0 radical (unpaired) electrons. The molecule has 0 amide bonds. The van der Waals surface area contributed by atoms with Crippen LogP contribution in [0.3, 0.4) is 0 Å². The van der Waals surface area contributed by atoms with E-state index in [1.54, 1.807) is 30.5 Å². The van der Waals surface area contributed by atoms with Crippen LogP contribution in [0, 0.1) is 5.82 Å². The van der Waals surface area contributed by atoms with E-state index < -0.39 is 15.4 Å². The minimum absolute atomic E-state index is 0.0622. The molecule has 0 bridgehead atoms. The van der Waals surface area contributed by atoms with Crippen LogP contribution in [-0.4, -0.2) is 43.6 Å². The van der Waals surface area contributed by atoms with Gasteiger partial charge in [-0.1, -0.05) is 29.8 Å². The number of nitrogens with zero attached hydrogens (tertiary/aromatic N) is 2. The molecule has 1 aliphatic rings. The quantitative estimate of drug-likeness (QED) is 0.217. The number of hydrogen-bond donors (Lipinski definition) is 1. The van der Waals surface area contributed by atoms with Crippen molar-refractivity contribution in [3.05, 3.63) is 101 Å². The molecule has 0 saturated carbocycles. The van der Waals surface area contributed by atoms with Gasteiger partial charge in [0.2, 0.25) is 0 Å². The first kappa shape index (κ1) is 27.8. The lowest BCUT2D eigenvalue weighted by Crippen LogP contribution is -2.32. The standard InChI is InChI=1S/C29H27ClFN3O5S/c1-40(35,36)13-12-37-18-29(10-3-11-39-29)21-6-8-26-24(15-21)28(33-19-32-26)34-23-7-9-27(25(30)16-23)38-17-20-4-2-5-22(31)14-20/h2-9,11,14-16,19H,10,12-13,17-18H2,1H3,(H,32,33,34). The van der Waals surface area contributed by atoms with E-state index in [9.17, 15) is 12.8 Å². The Kier molecular flexibility index (Phi) is 8.20. The average molecular weight is 584 g/mol. The third kappa shape index (κ3) is 6.70. The highest BCUT2D eigenvalue weighted by atomic mass is 35.5. The fourth-order valence-electron chi connectivity index (χ4n) is 4.33. The normalized spacial score (nSPS) is 16.7. The van der Waals surface area contributed by atoms with Crippen molar-refractivity contribution >= 4 is 43.8 Å². The summed E-state index contributed by atoms with van der Waals surface area (Å²) < 4.78 is 53.9. The third-order valence-electron chi connectivity index (χ3n) is 6.41. The lowest BCUT2D eigenvalue weighted by atomic mass is 9.91. The van der Waals surface area contributed by atoms with E-state index in [-0.39, 0.29) is 31.4 Å². The van der Waals surface area contributed by atoms with Gasteiger partial charge < -0.3 is 19.5 Å². The van der Waals surface area contributed by atoms with Crippen LogP contribution in [0.15, 0.2) is 79.3 Å². The van der Waals surface area contributed by atoms with Crippen molar-refractivity contribution in [1.29, 1.82) is 0 Å². The molecule has 0 aliphatic carbocycles. The molecule has 1 atom stereocenters. The van der Waals surface area contributed by atoms with Crippen molar-refractivity contribution in [1.82, 2.24) is 9.97 Å². The highest BCUT2D eigenvalue weighted by Crippen LogP contribution is 2.38. The average Bonchev–Trinajstić information content (AvgIpc) is 3.40. The monoisotopic (exact) mass is 583 g/mol. The molecule has 8 nitrogen and oxygen atoms in total. The van der Waals surface area contributed by atoms with Gasteiger partial charge in [0.1, 0.15) is 40.2 Å². The second-order valence-corrected chi connectivity index (χ2v) is 12.2. The largest absolute Gasteiger partial charge is 0.488 e. The number of halogens is 2. The van der Waals surface area contributed by atoms with Crippen molar-refractivity contribution in [3.8, 4) is 5.75 Å². The van der Waals surface area contributed by atoms with Crippen LogP contribution < -0.4 is 10.1 Å². The van der Waals surface area contributed by atoms with E-state index in [0.29, 0.717) is 34.3 Å². The number of aromatic nitrogens is 2. The summed E-state index contributed by atoms with van der Waals surface area (Å²) in [6.45, 7) is 0.445. The second-order valence-electron chi connectivity index (χ2n) is 9.51. The topological polar surface area (TPSA) is 99.6 Å². The first-order valence-electron chi connectivity index (χ1n) is 12.5. The number of nitrogens with one attached hydrogen (secondary N) is 1. The Morgan fingerprint density at radius 1 is 1.12 bits per heavy atom. The van der Waals surface area contributed by atoms with Gasteiger partial charge in [-0.15, -0.1) is 0 Å². The van der Waals surface area contributed by atoms with Crippen LogP contribution >= 0.6 is 11.6 Å². The second kappa shape index (κ2) is 11.8. The minimum Gasteiger partial charge on any atom is -0.488 e. The lowest BCUT2D eigenvalue weighted by molar-refractivity contribution is -0.0418. The fraction of sp³-hybridized carbons (Fsp3) is 0.241. The zero-order valence-electron chi connectivity index (χ0n) is 21.6. The van der Waals surface area contributed by atoms with E-state index in [1.807, 2.05) is 30.3 Å². The molecule has 1 aromatic heterocycles. The van der Waals surface area contributed by atoms with Crippen molar-refractivity contribution < 1.29 is 27.0 Å². The van der Waals surface area contributed by atoms with Crippen molar-refractivity contribution in [2.24, 2.45) is 0 Å². The highest BCUT2D eigenvalue weighted by Gasteiger charge is 2.36. The molecule has 0 spiro atoms. The summed E-state index contributed by atoms with van der Waals surface area (Å²) in [6.07, 6.45) is 6.76. The summed E-state index contributed by atoms with van der Waals surface area (Å²) >= 11 is 6.48. The van der Waals surface area contributed by atoms with Crippen LogP contribution in [0.5, 0.6) is 5.75 Å². The number of ether oxygens (including phenoxy) is 3. The predicted molar refractivity (Wildman–Crippen MR) is 152 cm³/mol. The summed E-state index contributed by atoms with van der Waals surface area (Å²) in [4.78, 5) is 8.83. The number of anilines is 2. The molecule has 11 heteroatoms. The van der Waals surface area contributed by atoms with Crippen molar-refractivity contribution in [2.45, 2.75) is 18.6 Å². The Hall–Kier alpha value is -3.73. The van der Waals surface area contributed by atoms with Crippen LogP contribution in [-0.2, 0) is 31.5 Å². The molecule has 1 N–H and O–H groups in total. The Morgan fingerprint density at radius 2 is 2.00 bits per heavy atom. The van der Waals surface area contributed by atoms with Crippen molar-refractivity contribution in [3.63, 3.8) is 0 Å². The number of fused-ring (bicyclic) bond motifs is 1. The maximum atomic E-state index is 13.4. The zero-order valence-corrected chi connectivity index (χ0v) is 23.2. The summed E-state index contributed by atoms with van der Waals surface area (Å²) in [5.74, 6) is 0.645. The third-order valence-corrected chi connectivity index (χ3v) is 7.61. The number of hydrogen-bond acceptors (Lipinski definition) is 8. The van der Waals surface area contributed by atoms with E-state index >= 15 is 0 Å². The smallest absolute Gasteiger partial charge is 0.160 e. The Labute approximate surface area is 236 Å². The molecule has 1 aliphatic heterocycles. The van der Waals surface area contributed by atoms with Gasteiger partial charge in [0, 0.05) is 23.8 Å². The number of rotatable bonds is 11. The van der Waals surface area contributed by atoms with E-state index in [1.165, 1.54) is 24.7 Å². The van der Waals surface area contributed by atoms with E-state index in [0.717, 1.165) is 16.5 Å². The molecular formula is C29H27ClFN3O5S. The lowest BCUT2D eigenvalue weighted by Gasteiger charge is -2.29. The Morgan fingerprint density at radius 3 is 2.75 bits per heavy atom. The number of benzene rings is 3. The van der Waals surface area contributed by atoms with E-state index in [2.05, 4.69) is 15.3 Å². The van der Waals surface area contributed by atoms with Gasteiger partial charge in [-0.25, -0.2) is 22.8 Å². The maximum Gasteiger partial charge on any atom is 0.160 e. The zero-order chi connectivity index (χ0) is 28.2. The van der Waals surface area contributed by atoms with Gasteiger partial charge in [0.15, 0.2) is 5.60 Å².